The molecule has 4 nitrogen and oxygen atoms in total. The monoisotopic (exact) mass is 190 g/mol. The van der Waals surface area contributed by atoms with Crippen LogP contribution in [-0.4, -0.2) is 25.4 Å². The maximum absolute atomic E-state index is 12.7. The zero-order valence-corrected chi connectivity index (χ0v) is 7.68. The van der Waals surface area contributed by atoms with Crippen LogP contribution in [0.3, 0.4) is 0 Å². The Labute approximate surface area is 76.8 Å². The topological polar surface area (TPSA) is 50.4 Å². The highest BCUT2D eigenvalue weighted by Gasteiger charge is 2.21. The fourth-order valence-electron chi connectivity index (χ4n) is 1.50. The summed E-state index contributed by atoms with van der Waals surface area (Å²) in [5, 5.41) is 2.70. The van der Waals surface area contributed by atoms with E-state index in [-0.39, 0.29) is 12.1 Å². The molecule has 13 heavy (non-hydrogen) atoms. The molecular weight excluding hydrogens is 175 g/mol. The maximum atomic E-state index is 12.7. The lowest BCUT2D eigenvalue weighted by atomic mass is 9.94. The van der Waals surface area contributed by atoms with Gasteiger partial charge in [0.1, 0.15) is 6.17 Å². The molecule has 0 unspecified atom stereocenters. The minimum absolute atomic E-state index is 0.0853. The largest absolute Gasteiger partial charge is 0.338 e. The van der Waals surface area contributed by atoms with E-state index in [9.17, 15) is 9.18 Å². The lowest BCUT2D eigenvalue weighted by molar-refractivity contribution is 0.103. The lowest BCUT2D eigenvalue weighted by Crippen LogP contribution is -2.43. The Morgan fingerprint density at radius 3 is 2.54 bits per heavy atom. The second kappa shape index (κ2) is 5.01. The molecule has 5 heteroatoms. The Kier molecular flexibility index (Phi) is 3.95. The van der Waals surface area contributed by atoms with Gasteiger partial charge in [-0.25, -0.2) is 14.7 Å². The molecule has 0 radical (unpaired) electrons. The van der Waals surface area contributed by atoms with E-state index in [2.05, 4.69) is 15.6 Å². The molecule has 0 aromatic rings. The molecule has 0 aromatic carbocycles. The molecule has 1 fully saturated rings. The van der Waals surface area contributed by atoms with Gasteiger partial charge in [0.05, 0.1) is 7.11 Å². The van der Waals surface area contributed by atoms with E-state index in [4.69, 9.17) is 0 Å². The summed E-state index contributed by atoms with van der Waals surface area (Å²) in [6, 6.07) is -0.271. The number of amides is 2. The molecular formula is C8H15FN2O2. The number of hydroxylamine groups is 1. The average molecular weight is 190 g/mol. The van der Waals surface area contributed by atoms with Gasteiger partial charge in [-0.3, -0.25) is 4.84 Å². The number of alkyl halides is 1. The zero-order valence-electron chi connectivity index (χ0n) is 7.68. The van der Waals surface area contributed by atoms with Crippen LogP contribution in [0.15, 0.2) is 0 Å². The van der Waals surface area contributed by atoms with Crippen molar-refractivity contribution in [2.75, 3.05) is 7.11 Å². The van der Waals surface area contributed by atoms with Crippen LogP contribution in [0, 0.1) is 0 Å². The summed E-state index contributed by atoms with van der Waals surface area (Å²) in [4.78, 5) is 15.4. The molecule has 0 atom stereocenters. The summed E-state index contributed by atoms with van der Waals surface area (Å²) in [7, 11) is 1.37. The first-order chi connectivity index (χ1) is 6.22. The van der Waals surface area contributed by atoms with Crippen LogP contribution >= 0.6 is 0 Å². The first kappa shape index (κ1) is 10.2. The van der Waals surface area contributed by atoms with E-state index in [0.717, 1.165) is 0 Å². The first-order valence-corrected chi connectivity index (χ1v) is 4.46. The summed E-state index contributed by atoms with van der Waals surface area (Å²) < 4.78 is 12.7. The molecule has 0 heterocycles. The Balaban J connectivity index is 2.18. The van der Waals surface area contributed by atoms with Gasteiger partial charge in [0.2, 0.25) is 0 Å². The third-order valence-electron chi connectivity index (χ3n) is 2.19. The number of carbonyl (C=O) groups is 1. The maximum Gasteiger partial charge on any atom is 0.338 e. The highest BCUT2D eigenvalue weighted by Crippen LogP contribution is 2.20. The van der Waals surface area contributed by atoms with E-state index in [1.54, 1.807) is 0 Å². The zero-order chi connectivity index (χ0) is 9.68. The Hall–Kier alpha value is -0.840. The van der Waals surface area contributed by atoms with Crippen molar-refractivity contribution in [3.8, 4) is 0 Å². The number of hydrogen-bond acceptors (Lipinski definition) is 2. The standard InChI is InChI=1S/C8H15FN2O2/c1-13-11-8(12)10-7-4-2-6(9)3-5-7/h6-7H,2-5H2,1H3,(H2,10,11,12). The second-order valence-electron chi connectivity index (χ2n) is 3.23. The highest BCUT2D eigenvalue weighted by atomic mass is 19.1. The van der Waals surface area contributed by atoms with Gasteiger partial charge in [-0.05, 0) is 25.7 Å². The summed E-state index contributed by atoms with van der Waals surface area (Å²) in [6.07, 6.45) is 1.80. The fraction of sp³-hybridized carbons (Fsp3) is 0.875. The summed E-state index contributed by atoms with van der Waals surface area (Å²) in [6.45, 7) is 0. The van der Waals surface area contributed by atoms with Crippen molar-refractivity contribution < 1.29 is 14.0 Å². The van der Waals surface area contributed by atoms with Gasteiger partial charge >= 0.3 is 6.03 Å². The van der Waals surface area contributed by atoms with Gasteiger partial charge in [-0.15, -0.1) is 0 Å². The number of hydrogen-bond donors (Lipinski definition) is 2. The fourth-order valence-corrected chi connectivity index (χ4v) is 1.50. The van der Waals surface area contributed by atoms with Gasteiger partial charge in [0.25, 0.3) is 0 Å². The van der Waals surface area contributed by atoms with Crippen molar-refractivity contribution >= 4 is 6.03 Å². The van der Waals surface area contributed by atoms with Crippen molar-refractivity contribution in [2.24, 2.45) is 0 Å². The normalized spacial score (nSPS) is 28.2. The molecule has 1 aliphatic rings. The van der Waals surface area contributed by atoms with Gasteiger partial charge in [0.15, 0.2) is 0 Å². The minimum atomic E-state index is -0.691. The van der Waals surface area contributed by atoms with E-state index in [1.807, 2.05) is 0 Å². The number of urea groups is 1. The van der Waals surface area contributed by atoms with Gasteiger partial charge in [-0.2, -0.15) is 0 Å². The van der Waals surface area contributed by atoms with Crippen molar-refractivity contribution in [1.29, 1.82) is 0 Å². The smallest absolute Gasteiger partial charge is 0.334 e. The summed E-state index contributed by atoms with van der Waals surface area (Å²) in [5.74, 6) is 0. The summed E-state index contributed by atoms with van der Waals surface area (Å²) >= 11 is 0. The molecule has 0 aliphatic heterocycles. The predicted molar refractivity (Wildman–Crippen MR) is 45.8 cm³/mol. The van der Waals surface area contributed by atoms with Gasteiger partial charge in [0, 0.05) is 6.04 Å². The quantitative estimate of drug-likeness (QED) is 0.641. The molecule has 1 saturated carbocycles. The van der Waals surface area contributed by atoms with Crippen molar-refractivity contribution in [3.05, 3.63) is 0 Å². The third kappa shape index (κ3) is 3.59. The molecule has 1 aliphatic carbocycles. The number of halogens is 1. The van der Waals surface area contributed by atoms with E-state index in [0.29, 0.717) is 25.7 Å². The van der Waals surface area contributed by atoms with Crippen LogP contribution < -0.4 is 10.8 Å². The molecule has 0 aromatic heterocycles. The van der Waals surface area contributed by atoms with Gasteiger partial charge < -0.3 is 5.32 Å². The summed E-state index contributed by atoms with van der Waals surface area (Å²) in [5.41, 5.74) is 2.16. The van der Waals surface area contributed by atoms with Gasteiger partial charge in [-0.1, -0.05) is 0 Å². The molecule has 0 saturated heterocycles. The second-order valence-corrected chi connectivity index (χ2v) is 3.23. The van der Waals surface area contributed by atoms with Crippen LogP contribution in [0.25, 0.3) is 0 Å². The van der Waals surface area contributed by atoms with E-state index < -0.39 is 6.17 Å². The van der Waals surface area contributed by atoms with Crippen LogP contribution in [0.4, 0.5) is 9.18 Å². The number of carbonyl (C=O) groups excluding carboxylic acids is 1. The first-order valence-electron chi connectivity index (χ1n) is 4.46. The Bertz CT molecular complexity index is 170. The lowest BCUT2D eigenvalue weighted by Gasteiger charge is -2.24. The van der Waals surface area contributed by atoms with Crippen LogP contribution in [0.2, 0.25) is 0 Å². The Morgan fingerprint density at radius 1 is 1.38 bits per heavy atom. The molecule has 1 rings (SSSR count). The van der Waals surface area contributed by atoms with E-state index in [1.165, 1.54) is 7.11 Å². The molecule has 0 bridgehead atoms. The van der Waals surface area contributed by atoms with Crippen LogP contribution in [0.5, 0.6) is 0 Å². The van der Waals surface area contributed by atoms with Crippen LogP contribution in [0.1, 0.15) is 25.7 Å². The SMILES string of the molecule is CONC(=O)NC1CCC(F)CC1. The van der Waals surface area contributed by atoms with Crippen molar-refractivity contribution in [1.82, 2.24) is 10.8 Å². The average Bonchev–Trinajstić information content (AvgIpc) is 2.09. The predicted octanol–water partition coefficient (Wildman–Crippen LogP) is 1.13. The minimum Gasteiger partial charge on any atom is -0.334 e. The molecule has 2 N–H and O–H groups in total. The third-order valence-corrected chi connectivity index (χ3v) is 2.19. The van der Waals surface area contributed by atoms with Crippen LogP contribution in [-0.2, 0) is 4.84 Å². The molecule has 76 valence electrons. The molecule has 2 amide bonds. The van der Waals surface area contributed by atoms with E-state index >= 15 is 0 Å². The number of rotatable bonds is 2. The van der Waals surface area contributed by atoms with Crippen molar-refractivity contribution in [2.45, 2.75) is 37.9 Å². The highest BCUT2D eigenvalue weighted by molar-refractivity contribution is 5.72. The number of nitrogens with one attached hydrogen (secondary N) is 2. The Morgan fingerprint density at radius 2 is 2.00 bits per heavy atom. The van der Waals surface area contributed by atoms with Crippen molar-refractivity contribution in [3.63, 3.8) is 0 Å². The molecule has 0 spiro atoms.